The molecule has 8 nitrogen and oxygen atoms in total. The highest BCUT2D eigenvalue weighted by Gasteiger charge is 2.48. The summed E-state index contributed by atoms with van der Waals surface area (Å²) in [6.45, 7) is -0.300. The Labute approximate surface area is 183 Å². The zero-order valence-corrected chi connectivity index (χ0v) is 17.3. The number of nitrogens with two attached hydrogens (primary N) is 2. The molecule has 0 spiro atoms. The molecule has 2 amide bonds. The van der Waals surface area contributed by atoms with Crippen molar-refractivity contribution in [1.82, 2.24) is 4.90 Å². The van der Waals surface area contributed by atoms with Crippen LogP contribution >= 0.6 is 11.8 Å². The maximum Gasteiger partial charge on any atom is 0.404 e. The van der Waals surface area contributed by atoms with E-state index in [1.807, 2.05) is 60.7 Å². The van der Waals surface area contributed by atoms with Gasteiger partial charge in [-0.05, 0) is 11.1 Å². The zero-order valence-electron chi connectivity index (χ0n) is 16.5. The minimum atomic E-state index is -0.999. The Balaban J connectivity index is 1.70. The van der Waals surface area contributed by atoms with E-state index in [2.05, 4.69) is 0 Å². The fraction of sp³-hybridized carbons (Fsp3) is 0.227. The van der Waals surface area contributed by atoms with Crippen LogP contribution < -0.4 is 11.5 Å². The molecule has 2 aliphatic heterocycles. The van der Waals surface area contributed by atoms with Crippen LogP contribution in [0, 0.1) is 0 Å². The number of rotatable bonds is 6. The van der Waals surface area contributed by atoms with Gasteiger partial charge < -0.3 is 20.9 Å². The number of nitrogens with zero attached hydrogens (tertiary/aromatic N) is 1. The summed E-state index contributed by atoms with van der Waals surface area (Å²) in [5, 5.41) is -0.891. The van der Waals surface area contributed by atoms with Gasteiger partial charge in [-0.2, -0.15) is 0 Å². The van der Waals surface area contributed by atoms with E-state index in [4.69, 9.17) is 20.9 Å². The Kier molecular flexibility index (Phi) is 5.97. The lowest BCUT2D eigenvalue weighted by Gasteiger charge is -2.46. The SMILES string of the molecule is NC(=O)OCC1=C(C(=O)OC(c2ccccc2)c2ccccc2)N2C(=O)C[C@H]2SC1N. The molecule has 1 fully saturated rings. The molecule has 1 saturated heterocycles. The molecule has 9 heteroatoms. The first-order chi connectivity index (χ1) is 15.0. The summed E-state index contributed by atoms with van der Waals surface area (Å²) >= 11 is 1.32. The standard InChI is InChI=1S/C22H21N3O5S/c23-20-15(12-29-22(24)28)18(25-16(26)11-17(25)31-20)21(27)30-19(13-7-3-1-4-8-13)14-9-5-2-6-10-14/h1-10,17,19-20H,11-12,23H2,(H2,24,28)/t17-,20?/m1/s1. The summed E-state index contributed by atoms with van der Waals surface area (Å²) in [4.78, 5) is 38.2. The third kappa shape index (κ3) is 4.28. The lowest BCUT2D eigenvalue weighted by molar-refractivity contribution is -0.152. The number of ether oxygens (including phenoxy) is 2. The number of hydrogen-bond acceptors (Lipinski definition) is 7. The smallest absolute Gasteiger partial charge is 0.404 e. The Morgan fingerprint density at radius 3 is 2.16 bits per heavy atom. The van der Waals surface area contributed by atoms with Gasteiger partial charge in [-0.25, -0.2) is 9.59 Å². The number of thioether (sulfide) groups is 1. The molecule has 0 aromatic heterocycles. The molecule has 0 saturated carbocycles. The zero-order chi connectivity index (χ0) is 22.0. The van der Waals surface area contributed by atoms with E-state index < -0.39 is 23.5 Å². The monoisotopic (exact) mass is 439 g/mol. The minimum Gasteiger partial charge on any atom is -0.448 e. The normalized spacial score (nSPS) is 20.2. The average molecular weight is 439 g/mol. The number of carbonyl (C=O) groups is 3. The van der Waals surface area contributed by atoms with Gasteiger partial charge in [0.05, 0.1) is 17.2 Å². The Morgan fingerprint density at radius 1 is 1.06 bits per heavy atom. The lowest BCUT2D eigenvalue weighted by atomic mass is 10.0. The number of β-lactam (4-membered cyclic amide) rings is 1. The van der Waals surface area contributed by atoms with Crippen molar-refractivity contribution in [3.05, 3.63) is 83.1 Å². The molecule has 0 radical (unpaired) electrons. The van der Waals surface area contributed by atoms with Crippen molar-refractivity contribution in [2.75, 3.05) is 6.61 Å². The van der Waals surface area contributed by atoms with E-state index >= 15 is 0 Å². The van der Waals surface area contributed by atoms with Crippen molar-refractivity contribution >= 4 is 29.7 Å². The lowest BCUT2D eigenvalue weighted by Crippen LogP contribution is -2.57. The molecular weight excluding hydrogens is 418 g/mol. The van der Waals surface area contributed by atoms with Crippen molar-refractivity contribution in [1.29, 1.82) is 0 Å². The van der Waals surface area contributed by atoms with Crippen molar-refractivity contribution in [2.24, 2.45) is 11.5 Å². The summed E-state index contributed by atoms with van der Waals surface area (Å²) < 4.78 is 10.8. The van der Waals surface area contributed by atoms with Gasteiger partial charge in [-0.15, -0.1) is 11.8 Å². The molecule has 2 heterocycles. The first-order valence-corrected chi connectivity index (χ1v) is 10.6. The van der Waals surface area contributed by atoms with Crippen LogP contribution in [0.4, 0.5) is 4.79 Å². The van der Waals surface area contributed by atoms with Crippen molar-refractivity contribution in [3.63, 3.8) is 0 Å². The first-order valence-electron chi connectivity index (χ1n) is 9.65. The summed E-state index contributed by atoms with van der Waals surface area (Å²) in [6, 6.07) is 18.6. The van der Waals surface area contributed by atoms with Crippen LogP contribution in [0.2, 0.25) is 0 Å². The van der Waals surface area contributed by atoms with Crippen LogP contribution in [0.1, 0.15) is 23.7 Å². The fourth-order valence-electron chi connectivity index (χ4n) is 3.58. The largest absolute Gasteiger partial charge is 0.448 e. The van der Waals surface area contributed by atoms with Gasteiger partial charge in [0, 0.05) is 5.57 Å². The summed E-state index contributed by atoms with van der Waals surface area (Å²) in [7, 11) is 0. The van der Waals surface area contributed by atoms with E-state index in [1.165, 1.54) is 16.7 Å². The minimum absolute atomic E-state index is 0.0191. The number of carbonyl (C=O) groups excluding carboxylic acids is 3. The maximum absolute atomic E-state index is 13.4. The Morgan fingerprint density at radius 2 is 1.65 bits per heavy atom. The first kappa shape index (κ1) is 21.0. The molecule has 1 unspecified atom stereocenters. The molecule has 2 aromatic carbocycles. The van der Waals surface area contributed by atoms with Gasteiger partial charge in [0.15, 0.2) is 6.10 Å². The predicted octanol–water partition coefficient (Wildman–Crippen LogP) is 2.26. The second kappa shape index (κ2) is 8.83. The van der Waals surface area contributed by atoms with Gasteiger partial charge in [-0.3, -0.25) is 9.69 Å². The molecule has 2 atom stereocenters. The highest BCUT2D eigenvalue weighted by Crippen LogP contribution is 2.43. The van der Waals surface area contributed by atoms with Crippen LogP contribution in [-0.4, -0.2) is 40.2 Å². The molecule has 4 rings (SSSR count). The van der Waals surface area contributed by atoms with Crippen LogP contribution in [0.15, 0.2) is 71.9 Å². The van der Waals surface area contributed by atoms with Gasteiger partial charge in [-0.1, -0.05) is 60.7 Å². The van der Waals surface area contributed by atoms with Gasteiger partial charge in [0.1, 0.15) is 12.3 Å². The predicted molar refractivity (Wildman–Crippen MR) is 114 cm³/mol. The van der Waals surface area contributed by atoms with Crippen molar-refractivity contribution in [2.45, 2.75) is 23.3 Å². The molecule has 2 aromatic rings. The van der Waals surface area contributed by atoms with E-state index in [9.17, 15) is 14.4 Å². The highest BCUT2D eigenvalue weighted by molar-refractivity contribution is 8.00. The number of fused-ring (bicyclic) bond motifs is 1. The quantitative estimate of drug-likeness (QED) is 0.522. The molecule has 0 bridgehead atoms. The topological polar surface area (TPSA) is 125 Å². The number of benzene rings is 2. The number of esters is 1. The van der Waals surface area contributed by atoms with Crippen LogP contribution in [0.25, 0.3) is 0 Å². The van der Waals surface area contributed by atoms with Gasteiger partial charge >= 0.3 is 12.1 Å². The van der Waals surface area contributed by atoms with E-state index in [-0.39, 0.29) is 35.6 Å². The van der Waals surface area contributed by atoms with E-state index in [1.54, 1.807) is 0 Å². The van der Waals surface area contributed by atoms with Crippen LogP contribution in [-0.2, 0) is 19.1 Å². The molecule has 4 N–H and O–H groups in total. The van der Waals surface area contributed by atoms with Gasteiger partial charge in [0.2, 0.25) is 5.91 Å². The molecule has 31 heavy (non-hydrogen) atoms. The van der Waals surface area contributed by atoms with Gasteiger partial charge in [0.25, 0.3) is 0 Å². The second-order valence-electron chi connectivity index (χ2n) is 7.07. The molecular formula is C22H21N3O5S. The molecule has 0 aliphatic carbocycles. The Hall–Kier alpha value is -3.30. The van der Waals surface area contributed by atoms with E-state index in [0.29, 0.717) is 0 Å². The van der Waals surface area contributed by atoms with Crippen LogP contribution in [0.5, 0.6) is 0 Å². The maximum atomic E-state index is 13.4. The molecule has 160 valence electrons. The van der Waals surface area contributed by atoms with Crippen molar-refractivity contribution < 1.29 is 23.9 Å². The van der Waals surface area contributed by atoms with E-state index in [0.717, 1.165) is 11.1 Å². The highest BCUT2D eigenvalue weighted by atomic mass is 32.2. The van der Waals surface area contributed by atoms with Crippen molar-refractivity contribution in [3.8, 4) is 0 Å². The number of amides is 2. The summed E-state index contributed by atoms with van der Waals surface area (Å²) in [5.74, 6) is -0.932. The molecule has 2 aliphatic rings. The third-order valence-corrected chi connectivity index (χ3v) is 6.36. The summed E-state index contributed by atoms with van der Waals surface area (Å²) in [5.41, 5.74) is 13.2. The Bertz CT molecular complexity index is 988. The number of primary amides is 1. The summed E-state index contributed by atoms with van der Waals surface area (Å²) in [6.07, 6.45) is -1.41. The third-order valence-electron chi connectivity index (χ3n) is 5.09. The average Bonchev–Trinajstić information content (AvgIpc) is 2.76. The second-order valence-corrected chi connectivity index (χ2v) is 8.39. The fourth-order valence-corrected chi connectivity index (χ4v) is 4.85. The van der Waals surface area contributed by atoms with Crippen LogP contribution in [0.3, 0.4) is 0 Å². The number of hydrogen-bond donors (Lipinski definition) is 2.